The number of rotatable bonds is 6. The van der Waals surface area contributed by atoms with E-state index >= 15 is 0 Å². The number of carbonyl (C=O) groups is 1. The van der Waals surface area contributed by atoms with Gasteiger partial charge in [0, 0.05) is 38.6 Å². The Morgan fingerprint density at radius 2 is 2.08 bits per heavy atom. The van der Waals surface area contributed by atoms with Crippen molar-refractivity contribution in [2.24, 2.45) is 0 Å². The summed E-state index contributed by atoms with van der Waals surface area (Å²) in [6.45, 7) is 3.46. The molecular weight excluding hydrogens is 354 g/mol. The molecule has 1 unspecified atom stereocenters. The minimum Gasteiger partial charge on any atom is -0.378 e. The molecule has 7 nitrogen and oxygen atoms in total. The lowest BCUT2D eigenvalue weighted by atomic mass is 10.2. The summed E-state index contributed by atoms with van der Waals surface area (Å²) in [6, 6.07) is 6.88. The molecular formula is C18H27N3O4S. The predicted octanol–water partition coefficient (Wildman–Crippen LogP) is 0.856. The van der Waals surface area contributed by atoms with Crippen molar-refractivity contribution < 1.29 is 17.9 Å². The summed E-state index contributed by atoms with van der Waals surface area (Å²) in [5.41, 5.74) is 0.782. The highest BCUT2D eigenvalue weighted by molar-refractivity contribution is 7.89. The van der Waals surface area contributed by atoms with Crippen LogP contribution in [0.1, 0.15) is 31.2 Å². The molecule has 2 fully saturated rings. The molecule has 1 aromatic rings. The summed E-state index contributed by atoms with van der Waals surface area (Å²) in [5.74, 6) is -0.0720. The van der Waals surface area contributed by atoms with Gasteiger partial charge in [-0.1, -0.05) is 18.6 Å². The molecule has 0 bridgehead atoms. The second kappa shape index (κ2) is 8.94. The lowest BCUT2D eigenvalue weighted by molar-refractivity contribution is -0.122. The van der Waals surface area contributed by atoms with E-state index in [1.165, 1.54) is 0 Å². The molecule has 26 heavy (non-hydrogen) atoms. The Kier molecular flexibility index (Phi) is 6.63. The largest absolute Gasteiger partial charge is 0.378 e. The minimum atomic E-state index is -3.45. The number of ether oxygens (including phenoxy) is 1. The Hall–Kier alpha value is -1.48. The Morgan fingerprint density at radius 1 is 1.27 bits per heavy atom. The number of morpholine rings is 1. The summed E-state index contributed by atoms with van der Waals surface area (Å²) in [7, 11) is -3.45. The molecule has 2 N–H and O–H groups in total. The quantitative estimate of drug-likeness (QED) is 0.763. The van der Waals surface area contributed by atoms with Crippen LogP contribution in [0, 0.1) is 0 Å². The van der Waals surface area contributed by atoms with Gasteiger partial charge in [-0.3, -0.25) is 4.79 Å². The van der Waals surface area contributed by atoms with Crippen molar-refractivity contribution in [3.05, 3.63) is 29.8 Å². The molecule has 1 atom stereocenters. The Balaban J connectivity index is 1.57. The van der Waals surface area contributed by atoms with E-state index in [1.807, 2.05) is 6.07 Å². The lowest BCUT2D eigenvalue weighted by Crippen LogP contribution is -2.44. The number of amides is 1. The van der Waals surface area contributed by atoms with Crippen LogP contribution >= 0.6 is 0 Å². The lowest BCUT2D eigenvalue weighted by Gasteiger charge is -2.26. The van der Waals surface area contributed by atoms with Gasteiger partial charge in [0.15, 0.2) is 0 Å². The number of sulfonamides is 1. The van der Waals surface area contributed by atoms with E-state index in [2.05, 4.69) is 10.6 Å². The van der Waals surface area contributed by atoms with Gasteiger partial charge in [-0.25, -0.2) is 8.42 Å². The second-order valence-corrected chi connectivity index (χ2v) is 8.76. The molecule has 2 aliphatic heterocycles. The first-order chi connectivity index (χ1) is 12.6. The molecule has 2 aliphatic rings. The van der Waals surface area contributed by atoms with E-state index in [-0.39, 0.29) is 11.9 Å². The van der Waals surface area contributed by atoms with Crippen molar-refractivity contribution in [3.8, 4) is 0 Å². The topological polar surface area (TPSA) is 87.7 Å². The summed E-state index contributed by atoms with van der Waals surface area (Å²) >= 11 is 0. The van der Waals surface area contributed by atoms with Crippen LogP contribution in [0.3, 0.4) is 0 Å². The van der Waals surface area contributed by atoms with Gasteiger partial charge in [0.2, 0.25) is 15.9 Å². The summed E-state index contributed by atoms with van der Waals surface area (Å²) in [5, 5.41) is 6.10. The molecule has 0 radical (unpaired) electrons. The number of carbonyl (C=O) groups excluding carboxylic acids is 1. The molecule has 3 rings (SSSR count). The normalized spacial score (nSPS) is 22.1. The third-order valence-electron chi connectivity index (χ3n) is 4.77. The van der Waals surface area contributed by atoms with Crippen LogP contribution < -0.4 is 10.6 Å². The zero-order valence-corrected chi connectivity index (χ0v) is 15.8. The Morgan fingerprint density at radius 3 is 2.81 bits per heavy atom. The zero-order chi connectivity index (χ0) is 18.4. The highest BCUT2D eigenvalue weighted by atomic mass is 32.2. The van der Waals surface area contributed by atoms with Gasteiger partial charge in [-0.2, -0.15) is 4.31 Å². The van der Waals surface area contributed by atoms with E-state index < -0.39 is 10.0 Å². The van der Waals surface area contributed by atoms with Crippen molar-refractivity contribution in [3.63, 3.8) is 0 Å². The molecule has 0 saturated carbocycles. The summed E-state index contributed by atoms with van der Waals surface area (Å²) in [6.07, 6.45) is 3.26. The van der Waals surface area contributed by atoms with Gasteiger partial charge in [0.25, 0.3) is 0 Å². The summed E-state index contributed by atoms with van der Waals surface area (Å²) in [4.78, 5) is 12.4. The maximum atomic E-state index is 12.8. The first kappa shape index (κ1) is 19.3. The van der Waals surface area contributed by atoms with Gasteiger partial charge < -0.3 is 15.4 Å². The van der Waals surface area contributed by atoms with E-state index in [0.717, 1.165) is 31.4 Å². The number of nitrogens with one attached hydrogen (secondary N) is 2. The zero-order valence-electron chi connectivity index (χ0n) is 14.9. The number of benzene rings is 1. The first-order valence-corrected chi connectivity index (χ1v) is 10.7. The molecule has 0 aromatic heterocycles. The van der Waals surface area contributed by atoms with Gasteiger partial charge >= 0.3 is 0 Å². The molecule has 8 heteroatoms. The number of hydrogen-bond donors (Lipinski definition) is 2. The predicted molar refractivity (Wildman–Crippen MR) is 98.1 cm³/mol. The van der Waals surface area contributed by atoms with Gasteiger partial charge in [-0.15, -0.1) is 0 Å². The highest BCUT2D eigenvalue weighted by Crippen LogP contribution is 2.21. The average molecular weight is 381 g/mol. The minimum absolute atomic E-state index is 0.0366. The van der Waals surface area contributed by atoms with Crippen molar-refractivity contribution in [2.75, 3.05) is 32.8 Å². The maximum absolute atomic E-state index is 12.8. The van der Waals surface area contributed by atoms with Crippen LogP contribution in [0.2, 0.25) is 0 Å². The van der Waals surface area contributed by atoms with E-state index in [1.54, 1.807) is 22.5 Å². The summed E-state index contributed by atoms with van der Waals surface area (Å²) < 4.78 is 32.4. The van der Waals surface area contributed by atoms with E-state index in [4.69, 9.17) is 4.74 Å². The SMILES string of the molecule is O=C(CC1COCCN1)NCc1cccc(S(=O)(=O)N2CCCCC2)c1. The van der Waals surface area contributed by atoms with Crippen molar-refractivity contribution >= 4 is 15.9 Å². The van der Waals surface area contributed by atoms with Crippen LogP contribution in [0.4, 0.5) is 0 Å². The van der Waals surface area contributed by atoms with Crippen LogP contribution in [-0.4, -0.2) is 57.5 Å². The molecule has 1 amide bonds. The molecule has 0 spiro atoms. The highest BCUT2D eigenvalue weighted by Gasteiger charge is 2.26. The average Bonchev–Trinajstić information content (AvgIpc) is 2.68. The fraction of sp³-hybridized carbons (Fsp3) is 0.611. The van der Waals surface area contributed by atoms with Crippen molar-refractivity contribution in [2.45, 2.75) is 43.2 Å². The maximum Gasteiger partial charge on any atom is 0.243 e. The first-order valence-electron chi connectivity index (χ1n) is 9.22. The third-order valence-corrected chi connectivity index (χ3v) is 6.67. The van der Waals surface area contributed by atoms with E-state index in [0.29, 0.717) is 44.2 Å². The van der Waals surface area contributed by atoms with E-state index in [9.17, 15) is 13.2 Å². The molecule has 1 aromatic carbocycles. The monoisotopic (exact) mass is 381 g/mol. The standard InChI is InChI=1S/C18H27N3O4S/c22-18(12-16-14-25-10-7-19-16)20-13-15-5-4-6-17(11-15)26(23,24)21-8-2-1-3-9-21/h4-6,11,16,19H,1-3,7-10,12-14H2,(H,20,22). The van der Waals surface area contributed by atoms with Gasteiger partial charge in [-0.05, 0) is 30.5 Å². The Bertz CT molecular complexity index is 711. The molecule has 0 aliphatic carbocycles. The number of nitrogens with zero attached hydrogens (tertiary/aromatic N) is 1. The van der Waals surface area contributed by atoms with Crippen LogP contribution in [0.5, 0.6) is 0 Å². The molecule has 2 saturated heterocycles. The van der Waals surface area contributed by atoms with Gasteiger partial charge in [0.05, 0.1) is 18.1 Å². The van der Waals surface area contributed by atoms with Crippen molar-refractivity contribution in [1.29, 1.82) is 0 Å². The molecule has 144 valence electrons. The Labute approximate surface area is 155 Å². The second-order valence-electron chi connectivity index (χ2n) is 6.82. The third kappa shape index (κ3) is 5.03. The molecule has 2 heterocycles. The fourth-order valence-corrected chi connectivity index (χ4v) is 4.91. The number of piperidine rings is 1. The van der Waals surface area contributed by atoms with Crippen LogP contribution in [0.15, 0.2) is 29.2 Å². The van der Waals surface area contributed by atoms with Gasteiger partial charge in [0.1, 0.15) is 0 Å². The fourth-order valence-electron chi connectivity index (χ4n) is 3.32. The number of hydrogen-bond acceptors (Lipinski definition) is 5. The van der Waals surface area contributed by atoms with Crippen LogP contribution in [0.25, 0.3) is 0 Å². The van der Waals surface area contributed by atoms with Crippen molar-refractivity contribution in [1.82, 2.24) is 14.9 Å². The smallest absolute Gasteiger partial charge is 0.243 e. The van der Waals surface area contributed by atoms with Crippen LogP contribution in [-0.2, 0) is 26.1 Å².